The van der Waals surface area contributed by atoms with Crippen molar-refractivity contribution in [2.75, 3.05) is 0 Å². The lowest BCUT2D eigenvalue weighted by Gasteiger charge is -2.54. The van der Waals surface area contributed by atoms with E-state index in [4.69, 9.17) is 4.74 Å². The highest BCUT2D eigenvalue weighted by Crippen LogP contribution is 2.62. The van der Waals surface area contributed by atoms with Crippen LogP contribution in [0, 0.1) is 22.7 Å². The van der Waals surface area contributed by atoms with Gasteiger partial charge in [-0.05, 0) is 55.9 Å². The molecule has 25 heavy (non-hydrogen) atoms. The van der Waals surface area contributed by atoms with E-state index in [1.54, 1.807) is 0 Å². The Morgan fingerprint density at radius 3 is 2.72 bits per heavy atom. The molecule has 0 heterocycles. The van der Waals surface area contributed by atoms with Crippen molar-refractivity contribution >= 4 is 5.97 Å². The van der Waals surface area contributed by atoms with Crippen molar-refractivity contribution in [1.29, 1.82) is 0 Å². The highest BCUT2D eigenvalue weighted by molar-refractivity contribution is 5.66. The summed E-state index contributed by atoms with van der Waals surface area (Å²) in [7, 11) is 0. The van der Waals surface area contributed by atoms with Crippen LogP contribution in [-0.4, -0.2) is 34.5 Å². The number of aliphatic hydroxyl groups excluding tert-OH is 2. The molecule has 0 unspecified atom stereocenters. The molecule has 4 heteroatoms. The molecule has 0 aromatic carbocycles. The van der Waals surface area contributed by atoms with Crippen molar-refractivity contribution in [2.24, 2.45) is 22.7 Å². The zero-order valence-corrected chi connectivity index (χ0v) is 15.5. The second kappa shape index (κ2) is 5.68. The maximum absolute atomic E-state index is 11.8. The van der Waals surface area contributed by atoms with Gasteiger partial charge in [0.15, 0.2) is 0 Å². The van der Waals surface area contributed by atoms with Crippen LogP contribution < -0.4 is 0 Å². The Hall–Kier alpha value is -1.13. The molecule has 4 aliphatic rings. The summed E-state index contributed by atoms with van der Waals surface area (Å²) in [6.45, 7) is 5.97. The molecule has 4 nitrogen and oxygen atoms in total. The third kappa shape index (κ3) is 2.44. The Bertz CT molecular complexity index is 650. The van der Waals surface area contributed by atoms with Crippen LogP contribution in [0.1, 0.15) is 59.3 Å². The summed E-state index contributed by atoms with van der Waals surface area (Å²) in [5.74, 6) is 0.359. The lowest BCUT2D eigenvalue weighted by atomic mass is 9.52. The molecule has 0 aromatic heterocycles. The summed E-state index contributed by atoms with van der Waals surface area (Å²) in [4.78, 5) is 11.8. The topological polar surface area (TPSA) is 66.8 Å². The third-order valence-corrected chi connectivity index (χ3v) is 7.77. The van der Waals surface area contributed by atoms with Crippen molar-refractivity contribution in [3.63, 3.8) is 0 Å². The number of ether oxygens (including phenoxy) is 1. The average Bonchev–Trinajstić information content (AvgIpc) is 2.84. The van der Waals surface area contributed by atoms with E-state index in [1.807, 2.05) is 6.08 Å². The molecule has 1 saturated carbocycles. The van der Waals surface area contributed by atoms with Gasteiger partial charge in [-0.25, -0.2) is 0 Å². The number of carbonyl (C=O) groups is 1. The van der Waals surface area contributed by atoms with Gasteiger partial charge < -0.3 is 14.9 Å². The largest absolute Gasteiger partial charge is 0.458 e. The molecule has 138 valence electrons. The zero-order chi connectivity index (χ0) is 18.0. The van der Waals surface area contributed by atoms with Crippen LogP contribution in [0.5, 0.6) is 0 Å². The molecule has 0 radical (unpaired) electrons. The van der Waals surface area contributed by atoms with Crippen molar-refractivity contribution in [2.45, 2.75) is 77.6 Å². The second-order valence-corrected chi connectivity index (χ2v) is 9.06. The minimum absolute atomic E-state index is 0.0555. The van der Waals surface area contributed by atoms with Crippen LogP contribution in [-0.2, 0) is 9.53 Å². The smallest absolute Gasteiger partial charge is 0.303 e. The lowest BCUT2D eigenvalue weighted by Crippen LogP contribution is -2.49. The lowest BCUT2D eigenvalue weighted by molar-refractivity contribution is -0.147. The Balaban J connectivity index is 1.84. The summed E-state index contributed by atoms with van der Waals surface area (Å²) in [5, 5.41) is 20.7. The SMILES string of the molecule is CC(=O)O[C@H]1C[C@@H]2C[C@@H](O)C=C[C@]2(C)C2=C1[C@@H]1CC[C@H](O)[C@@]1(C)CC2. The first-order valence-electron chi connectivity index (χ1n) is 9.72. The van der Waals surface area contributed by atoms with E-state index in [0.717, 1.165) is 38.5 Å². The summed E-state index contributed by atoms with van der Waals surface area (Å²) in [6, 6.07) is 0. The van der Waals surface area contributed by atoms with Gasteiger partial charge >= 0.3 is 5.97 Å². The number of hydrogen-bond donors (Lipinski definition) is 2. The maximum Gasteiger partial charge on any atom is 0.303 e. The summed E-state index contributed by atoms with van der Waals surface area (Å²) >= 11 is 0. The molecular weight excluding hydrogens is 316 g/mol. The summed E-state index contributed by atoms with van der Waals surface area (Å²) in [6.07, 6.45) is 8.52. The quantitative estimate of drug-likeness (QED) is 0.565. The first-order valence-corrected chi connectivity index (χ1v) is 9.72. The maximum atomic E-state index is 11.8. The number of carbonyl (C=O) groups excluding carboxylic acids is 1. The van der Waals surface area contributed by atoms with Crippen molar-refractivity contribution in [3.8, 4) is 0 Å². The highest BCUT2D eigenvalue weighted by atomic mass is 16.5. The molecule has 0 aromatic rings. The molecule has 1 fully saturated rings. The van der Waals surface area contributed by atoms with E-state index in [-0.39, 0.29) is 29.0 Å². The summed E-state index contributed by atoms with van der Waals surface area (Å²) in [5.41, 5.74) is 2.55. The van der Waals surface area contributed by atoms with Crippen LogP contribution in [0.3, 0.4) is 0 Å². The van der Waals surface area contributed by atoms with Gasteiger partial charge in [-0.15, -0.1) is 0 Å². The van der Waals surface area contributed by atoms with Crippen molar-refractivity contribution < 1.29 is 19.7 Å². The van der Waals surface area contributed by atoms with E-state index in [1.165, 1.54) is 18.1 Å². The molecule has 0 saturated heterocycles. The second-order valence-electron chi connectivity index (χ2n) is 9.06. The van der Waals surface area contributed by atoms with Crippen LogP contribution in [0.2, 0.25) is 0 Å². The van der Waals surface area contributed by atoms with Gasteiger partial charge in [-0.2, -0.15) is 0 Å². The van der Waals surface area contributed by atoms with Crippen LogP contribution in [0.15, 0.2) is 23.3 Å². The van der Waals surface area contributed by atoms with Gasteiger partial charge in [0.2, 0.25) is 0 Å². The minimum atomic E-state index is -0.402. The molecule has 0 bridgehead atoms. The fourth-order valence-electron chi connectivity index (χ4n) is 6.26. The molecule has 2 N–H and O–H groups in total. The number of allylic oxidation sites excluding steroid dienone is 2. The fourth-order valence-corrected chi connectivity index (χ4v) is 6.26. The van der Waals surface area contributed by atoms with Gasteiger partial charge in [0.1, 0.15) is 6.10 Å². The first kappa shape index (κ1) is 17.3. The van der Waals surface area contributed by atoms with Crippen LogP contribution >= 0.6 is 0 Å². The highest BCUT2D eigenvalue weighted by Gasteiger charge is 2.57. The van der Waals surface area contributed by atoms with Gasteiger partial charge in [0, 0.05) is 17.8 Å². The molecule has 0 spiro atoms. The van der Waals surface area contributed by atoms with Crippen LogP contribution in [0.4, 0.5) is 0 Å². The predicted molar refractivity (Wildman–Crippen MR) is 94.6 cm³/mol. The Labute approximate surface area is 149 Å². The number of hydrogen-bond acceptors (Lipinski definition) is 4. The standard InChI is InChI=1S/C21H30O4/c1-12(22)25-17-11-13-10-14(23)6-8-20(13,2)16-7-9-21(3)15(19(16)17)4-5-18(21)24/h6,8,13-15,17-18,23-24H,4-5,7,9-11H2,1-3H3/t13-,14-,15-,17-,18-,20-,21-/m0/s1. The minimum Gasteiger partial charge on any atom is -0.458 e. The van der Waals surface area contributed by atoms with E-state index in [0.29, 0.717) is 11.8 Å². The van der Waals surface area contributed by atoms with Gasteiger partial charge in [-0.1, -0.05) is 31.6 Å². The number of aliphatic hydroxyl groups is 2. The average molecular weight is 346 g/mol. The Morgan fingerprint density at radius 2 is 2.00 bits per heavy atom. The number of rotatable bonds is 1. The van der Waals surface area contributed by atoms with E-state index < -0.39 is 6.10 Å². The summed E-state index contributed by atoms with van der Waals surface area (Å²) < 4.78 is 5.79. The molecular formula is C21H30O4. The Morgan fingerprint density at radius 1 is 1.24 bits per heavy atom. The van der Waals surface area contributed by atoms with Gasteiger partial charge in [-0.3, -0.25) is 4.79 Å². The normalized spacial score (nSPS) is 48.6. The number of esters is 1. The Kier molecular flexibility index (Phi) is 3.93. The van der Waals surface area contributed by atoms with Gasteiger partial charge in [0.05, 0.1) is 12.2 Å². The van der Waals surface area contributed by atoms with E-state index >= 15 is 0 Å². The number of fused-ring (bicyclic) bond motifs is 4. The predicted octanol–water partition coefficient (Wildman–Crippen LogP) is 3.13. The van der Waals surface area contributed by atoms with E-state index in [9.17, 15) is 15.0 Å². The molecule has 4 aliphatic carbocycles. The van der Waals surface area contributed by atoms with Gasteiger partial charge in [0.25, 0.3) is 0 Å². The zero-order valence-electron chi connectivity index (χ0n) is 15.5. The fraction of sp³-hybridized carbons (Fsp3) is 0.762. The third-order valence-electron chi connectivity index (χ3n) is 7.77. The van der Waals surface area contributed by atoms with Crippen molar-refractivity contribution in [3.05, 3.63) is 23.3 Å². The monoisotopic (exact) mass is 346 g/mol. The molecule has 0 aliphatic heterocycles. The first-order chi connectivity index (χ1) is 11.8. The van der Waals surface area contributed by atoms with E-state index in [2.05, 4.69) is 19.9 Å². The molecule has 4 rings (SSSR count). The van der Waals surface area contributed by atoms with Crippen LogP contribution in [0.25, 0.3) is 0 Å². The molecule has 0 amide bonds. The molecule has 7 atom stereocenters. The van der Waals surface area contributed by atoms with Crippen molar-refractivity contribution in [1.82, 2.24) is 0 Å².